The van der Waals surface area contributed by atoms with Crippen LogP contribution in [0.5, 0.6) is 0 Å². The second-order valence-corrected chi connectivity index (χ2v) is 10.6. The largest absolute Gasteiger partial charge is 0.512 e. The fraction of sp³-hybridized carbons (Fsp3) is 0.306. The van der Waals surface area contributed by atoms with E-state index >= 15 is 0 Å². The van der Waals surface area contributed by atoms with E-state index in [1.807, 2.05) is 64.2 Å². The Balaban J connectivity index is 0.000000221. The Morgan fingerprint density at radius 3 is 2.48 bits per heavy atom. The number of allylic oxidation sites excluding steroid dienone is 3. The summed E-state index contributed by atoms with van der Waals surface area (Å²) in [5.41, 5.74) is 7.55. The number of carbonyl (C=O) groups excluding carboxylic acids is 1. The SMILES string of the molecule is CCC(CC)C(=O)/C=C(\O)C(CC)CC.[Ir].[c-]1ccc2nc3c4cccc5c4c(cn3c2c1-c1ccccn1)CC=C5. The van der Waals surface area contributed by atoms with Crippen LogP contribution >= 0.6 is 0 Å². The van der Waals surface area contributed by atoms with E-state index in [9.17, 15) is 9.90 Å². The maximum Gasteiger partial charge on any atom is 0.162 e. The molecule has 3 aromatic heterocycles. The van der Waals surface area contributed by atoms with Gasteiger partial charge in [0, 0.05) is 61.3 Å². The number of fused-ring (bicyclic) bond motifs is 4. The summed E-state index contributed by atoms with van der Waals surface area (Å²) in [6.07, 6.45) is 14.3. The third-order valence-electron chi connectivity index (χ3n) is 8.23. The van der Waals surface area contributed by atoms with Gasteiger partial charge in [-0.15, -0.1) is 18.2 Å². The number of aliphatic hydroxyl groups is 1. The van der Waals surface area contributed by atoms with Crippen LogP contribution in [-0.4, -0.2) is 25.3 Å². The van der Waals surface area contributed by atoms with Crippen molar-refractivity contribution >= 4 is 39.3 Å². The number of carbonyl (C=O) groups is 1. The monoisotopic (exact) mass is 737 g/mol. The van der Waals surface area contributed by atoms with E-state index in [0.29, 0.717) is 0 Å². The molecule has 1 aliphatic carbocycles. The van der Waals surface area contributed by atoms with Crippen molar-refractivity contribution < 1.29 is 30.0 Å². The summed E-state index contributed by atoms with van der Waals surface area (Å²) >= 11 is 0. The number of pyridine rings is 2. The standard InChI is InChI=1S/C23H14N3.C13H24O2.Ir/c1-2-13-24-19(11-1)17-9-5-12-20-22(17)26-14-16-8-3-6-15-7-4-10-18(21(15)16)23(26)25-20;1-5-10(6-2)12(14)9-13(15)11(7-3)8-4;/h1-7,10-14H,8H2;9-11,14H,5-8H2,1-4H3;/q-1;;/b;12-9-;. The third kappa shape index (κ3) is 6.11. The molecule has 0 amide bonds. The number of nitrogens with zero attached hydrogens (tertiary/aromatic N) is 3. The van der Waals surface area contributed by atoms with Gasteiger partial charge in [0.05, 0.1) is 5.76 Å². The molecular weight excluding hydrogens is 699 g/mol. The van der Waals surface area contributed by atoms with Crippen molar-refractivity contribution in [1.82, 2.24) is 14.4 Å². The van der Waals surface area contributed by atoms with E-state index in [0.717, 1.165) is 60.0 Å². The fourth-order valence-electron chi connectivity index (χ4n) is 5.83. The molecule has 1 radical (unpaired) electrons. The first-order valence-electron chi connectivity index (χ1n) is 14.8. The molecule has 0 aliphatic heterocycles. The van der Waals surface area contributed by atoms with Crippen molar-refractivity contribution in [2.75, 3.05) is 0 Å². The summed E-state index contributed by atoms with van der Waals surface area (Å²) in [7, 11) is 0. The van der Waals surface area contributed by atoms with E-state index < -0.39 is 0 Å². The van der Waals surface area contributed by atoms with Crippen LogP contribution in [0.1, 0.15) is 64.5 Å². The molecule has 6 rings (SSSR count). The van der Waals surface area contributed by atoms with Crippen molar-refractivity contribution in [2.24, 2.45) is 11.8 Å². The van der Waals surface area contributed by atoms with Gasteiger partial charge in [-0.05, 0) is 65.9 Å². The molecule has 6 heteroatoms. The van der Waals surface area contributed by atoms with Crippen LogP contribution in [0, 0.1) is 17.9 Å². The molecule has 0 fully saturated rings. The average molecular weight is 737 g/mol. The van der Waals surface area contributed by atoms with Crippen molar-refractivity contribution in [3.05, 3.63) is 96.0 Å². The molecule has 0 unspecified atom stereocenters. The molecule has 2 aromatic carbocycles. The Hall–Kier alpha value is -3.60. The molecule has 0 spiro atoms. The van der Waals surface area contributed by atoms with Crippen LogP contribution < -0.4 is 0 Å². The molecule has 3 heterocycles. The molecule has 0 bridgehead atoms. The summed E-state index contributed by atoms with van der Waals surface area (Å²) in [5, 5.41) is 12.3. The number of aromatic nitrogens is 3. The number of ketones is 1. The number of imidazole rings is 1. The van der Waals surface area contributed by atoms with E-state index in [1.165, 1.54) is 28.0 Å². The van der Waals surface area contributed by atoms with E-state index in [4.69, 9.17) is 4.98 Å². The molecule has 42 heavy (non-hydrogen) atoms. The molecule has 1 N–H and O–H groups in total. The number of hydrogen-bond donors (Lipinski definition) is 1. The summed E-state index contributed by atoms with van der Waals surface area (Å²) in [6, 6.07) is 19.8. The van der Waals surface area contributed by atoms with Crippen molar-refractivity contribution in [2.45, 2.75) is 59.8 Å². The van der Waals surface area contributed by atoms with E-state index in [1.54, 1.807) is 0 Å². The zero-order chi connectivity index (χ0) is 28.9. The van der Waals surface area contributed by atoms with Gasteiger partial charge in [0.2, 0.25) is 0 Å². The Morgan fingerprint density at radius 1 is 1.02 bits per heavy atom. The molecule has 0 atom stereocenters. The van der Waals surface area contributed by atoms with Gasteiger partial charge in [-0.3, -0.25) is 4.79 Å². The molecule has 219 valence electrons. The van der Waals surface area contributed by atoms with Gasteiger partial charge in [0.15, 0.2) is 5.78 Å². The van der Waals surface area contributed by atoms with E-state index in [-0.39, 0.29) is 43.5 Å². The maximum atomic E-state index is 11.7. The minimum Gasteiger partial charge on any atom is -0.512 e. The Bertz CT molecular complexity index is 1750. The van der Waals surface area contributed by atoms with Crippen molar-refractivity contribution in [3.63, 3.8) is 0 Å². The topological polar surface area (TPSA) is 67.5 Å². The van der Waals surface area contributed by atoms with Crippen LogP contribution in [-0.2, 0) is 31.3 Å². The van der Waals surface area contributed by atoms with Gasteiger partial charge >= 0.3 is 0 Å². The Labute approximate surface area is 261 Å². The van der Waals surface area contributed by atoms with Gasteiger partial charge in [-0.1, -0.05) is 75.7 Å². The number of aliphatic hydroxyl groups excluding tert-OH is 1. The molecular formula is C36H38IrN3O2-. The van der Waals surface area contributed by atoms with Crippen molar-refractivity contribution in [1.29, 1.82) is 0 Å². The van der Waals surface area contributed by atoms with E-state index in [2.05, 4.69) is 52.0 Å². The average Bonchev–Trinajstić information content (AvgIpc) is 3.38. The number of rotatable bonds is 8. The summed E-state index contributed by atoms with van der Waals surface area (Å²) < 4.78 is 2.22. The number of hydrogen-bond acceptors (Lipinski definition) is 4. The molecule has 5 nitrogen and oxygen atoms in total. The summed E-state index contributed by atoms with van der Waals surface area (Å²) in [5.74, 6) is 0.547. The summed E-state index contributed by atoms with van der Waals surface area (Å²) in [6.45, 7) is 8.07. The third-order valence-corrected chi connectivity index (χ3v) is 8.23. The zero-order valence-electron chi connectivity index (χ0n) is 24.7. The molecule has 5 aromatic rings. The van der Waals surface area contributed by atoms with Crippen LogP contribution in [0.2, 0.25) is 0 Å². The van der Waals surface area contributed by atoms with Crippen LogP contribution in [0.15, 0.2) is 78.8 Å². The summed E-state index contributed by atoms with van der Waals surface area (Å²) in [4.78, 5) is 21.2. The fourth-order valence-corrected chi connectivity index (χ4v) is 5.83. The first-order chi connectivity index (χ1) is 20.0. The smallest absolute Gasteiger partial charge is 0.162 e. The molecule has 0 saturated carbocycles. The normalized spacial score (nSPS) is 12.6. The minimum atomic E-state index is 0. The molecule has 1 aliphatic rings. The van der Waals surface area contributed by atoms with Crippen molar-refractivity contribution in [3.8, 4) is 11.3 Å². The minimum absolute atomic E-state index is 0. The van der Waals surface area contributed by atoms with Crippen LogP contribution in [0.3, 0.4) is 0 Å². The molecule has 0 saturated heterocycles. The second-order valence-electron chi connectivity index (χ2n) is 10.6. The van der Waals surface area contributed by atoms with Gasteiger partial charge in [0.1, 0.15) is 5.65 Å². The van der Waals surface area contributed by atoms with Gasteiger partial charge in [-0.25, -0.2) is 4.98 Å². The Morgan fingerprint density at radius 2 is 1.79 bits per heavy atom. The maximum absolute atomic E-state index is 11.7. The van der Waals surface area contributed by atoms with Gasteiger partial charge in [-0.2, -0.15) is 0 Å². The first-order valence-corrected chi connectivity index (χ1v) is 14.8. The van der Waals surface area contributed by atoms with Gasteiger partial charge < -0.3 is 14.5 Å². The zero-order valence-corrected chi connectivity index (χ0v) is 27.1. The van der Waals surface area contributed by atoms with Crippen LogP contribution in [0.25, 0.3) is 44.8 Å². The Kier molecular flexibility index (Phi) is 10.5. The first kappa shape index (κ1) is 31.3. The number of benzene rings is 2. The second kappa shape index (κ2) is 14.0. The predicted octanol–water partition coefficient (Wildman–Crippen LogP) is 8.94. The predicted molar refractivity (Wildman–Crippen MR) is 169 cm³/mol. The van der Waals surface area contributed by atoms with Crippen LogP contribution in [0.4, 0.5) is 0 Å². The quantitative estimate of drug-likeness (QED) is 0.0982. The van der Waals surface area contributed by atoms with Gasteiger partial charge in [0.25, 0.3) is 0 Å².